The van der Waals surface area contributed by atoms with Crippen LogP contribution in [0.1, 0.15) is 27.0 Å². The largest absolute Gasteiger partial charge is 0.416 e. The van der Waals surface area contributed by atoms with Crippen molar-refractivity contribution in [2.75, 3.05) is 36.5 Å². The molecule has 1 N–H and O–H groups in total. The number of anilines is 2. The lowest BCUT2D eigenvalue weighted by atomic mass is 10.0. The van der Waals surface area contributed by atoms with Crippen molar-refractivity contribution >= 4 is 17.3 Å². The van der Waals surface area contributed by atoms with Crippen LogP contribution < -0.4 is 10.2 Å². The Morgan fingerprint density at radius 2 is 1.78 bits per heavy atom. The second-order valence-corrected chi connectivity index (χ2v) is 6.60. The molecule has 2 aromatic carbocycles. The van der Waals surface area contributed by atoms with Crippen molar-refractivity contribution < 1.29 is 22.7 Å². The van der Waals surface area contributed by atoms with Crippen molar-refractivity contribution in [3.05, 3.63) is 58.7 Å². The van der Waals surface area contributed by atoms with Gasteiger partial charge in [-0.25, -0.2) is 0 Å². The quantitative estimate of drug-likeness (QED) is 0.860. The van der Waals surface area contributed by atoms with Gasteiger partial charge in [0.25, 0.3) is 5.91 Å². The predicted molar refractivity (Wildman–Crippen MR) is 98.3 cm³/mol. The number of alkyl halides is 3. The average molecular weight is 378 g/mol. The Labute approximate surface area is 155 Å². The van der Waals surface area contributed by atoms with E-state index in [1.165, 1.54) is 6.07 Å². The monoisotopic (exact) mass is 378 g/mol. The van der Waals surface area contributed by atoms with Crippen molar-refractivity contribution in [1.29, 1.82) is 0 Å². The number of ether oxygens (including phenoxy) is 1. The van der Waals surface area contributed by atoms with Gasteiger partial charge in [-0.2, -0.15) is 13.2 Å². The molecule has 0 unspecified atom stereocenters. The molecule has 0 bridgehead atoms. The van der Waals surface area contributed by atoms with Gasteiger partial charge in [-0.05, 0) is 43.7 Å². The van der Waals surface area contributed by atoms with Crippen LogP contribution in [-0.4, -0.2) is 32.2 Å². The summed E-state index contributed by atoms with van der Waals surface area (Å²) in [5, 5.41) is 2.68. The fourth-order valence-corrected chi connectivity index (χ4v) is 3.06. The number of rotatable bonds is 3. The summed E-state index contributed by atoms with van der Waals surface area (Å²) >= 11 is 0. The first kappa shape index (κ1) is 19.2. The zero-order valence-electron chi connectivity index (χ0n) is 15.2. The molecule has 3 rings (SSSR count). The van der Waals surface area contributed by atoms with Gasteiger partial charge in [0.15, 0.2) is 0 Å². The van der Waals surface area contributed by atoms with Crippen LogP contribution in [0.4, 0.5) is 24.5 Å². The molecule has 0 radical (unpaired) electrons. The highest BCUT2D eigenvalue weighted by atomic mass is 19.4. The van der Waals surface area contributed by atoms with Gasteiger partial charge in [0.1, 0.15) is 0 Å². The molecule has 1 saturated heterocycles. The van der Waals surface area contributed by atoms with E-state index in [0.717, 1.165) is 23.3 Å². The van der Waals surface area contributed by atoms with Gasteiger partial charge in [-0.15, -0.1) is 0 Å². The number of carbonyl (C=O) groups is 1. The number of halogens is 3. The third kappa shape index (κ3) is 4.42. The van der Waals surface area contributed by atoms with Crippen LogP contribution in [0.2, 0.25) is 0 Å². The van der Waals surface area contributed by atoms with E-state index in [9.17, 15) is 18.0 Å². The lowest BCUT2D eigenvalue weighted by Gasteiger charge is -2.31. The Hall–Kier alpha value is -2.54. The van der Waals surface area contributed by atoms with Crippen molar-refractivity contribution in [3.8, 4) is 0 Å². The van der Waals surface area contributed by atoms with Crippen molar-refractivity contribution in [2.45, 2.75) is 20.0 Å². The van der Waals surface area contributed by atoms with Crippen LogP contribution in [0.3, 0.4) is 0 Å². The fraction of sp³-hybridized carbons (Fsp3) is 0.350. The van der Waals surface area contributed by atoms with Gasteiger partial charge in [0.05, 0.1) is 30.2 Å². The van der Waals surface area contributed by atoms with E-state index in [0.29, 0.717) is 37.6 Å². The molecular weight excluding hydrogens is 357 g/mol. The Morgan fingerprint density at radius 3 is 2.44 bits per heavy atom. The zero-order valence-corrected chi connectivity index (χ0v) is 15.2. The Balaban J connectivity index is 1.97. The molecule has 144 valence electrons. The second-order valence-electron chi connectivity index (χ2n) is 6.60. The van der Waals surface area contributed by atoms with E-state index >= 15 is 0 Å². The minimum absolute atomic E-state index is 0.151. The number of hydrogen-bond donors (Lipinski definition) is 1. The molecule has 1 amide bonds. The molecule has 0 spiro atoms. The highest BCUT2D eigenvalue weighted by molar-refractivity contribution is 6.07. The molecule has 27 heavy (non-hydrogen) atoms. The number of nitrogens with one attached hydrogen (secondary N) is 1. The second kappa shape index (κ2) is 7.60. The molecular formula is C20H21F3N2O2. The minimum Gasteiger partial charge on any atom is -0.378 e. The lowest BCUT2D eigenvalue weighted by Crippen LogP contribution is -2.36. The maximum Gasteiger partial charge on any atom is 0.416 e. The highest BCUT2D eigenvalue weighted by Crippen LogP contribution is 2.36. The van der Waals surface area contributed by atoms with Gasteiger partial charge in [0.2, 0.25) is 0 Å². The number of morpholine rings is 1. The number of carbonyl (C=O) groups excluding carboxylic acids is 1. The van der Waals surface area contributed by atoms with E-state index in [1.807, 2.05) is 24.0 Å². The van der Waals surface area contributed by atoms with E-state index in [-0.39, 0.29) is 5.69 Å². The van der Waals surface area contributed by atoms with E-state index < -0.39 is 17.6 Å². The summed E-state index contributed by atoms with van der Waals surface area (Å²) in [6.45, 7) is 5.75. The number of hydrogen-bond acceptors (Lipinski definition) is 3. The minimum atomic E-state index is -4.48. The van der Waals surface area contributed by atoms with Crippen LogP contribution in [0.5, 0.6) is 0 Å². The van der Waals surface area contributed by atoms with Gasteiger partial charge in [-0.3, -0.25) is 4.79 Å². The molecule has 2 aromatic rings. The maximum absolute atomic E-state index is 13.2. The summed E-state index contributed by atoms with van der Waals surface area (Å²) in [4.78, 5) is 14.7. The lowest BCUT2D eigenvalue weighted by molar-refractivity contribution is -0.137. The van der Waals surface area contributed by atoms with Gasteiger partial charge < -0.3 is 15.0 Å². The molecule has 4 nitrogen and oxygen atoms in total. The molecule has 1 aliphatic heterocycles. The molecule has 7 heteroatoms. The van der Waals surface area contributed by atoms with Crippen molar-refractivity contribution in [3.63, 3.8) is 0 Å². The molecule has 1 aliphatic rings. The van der Waals surface area contributed by atoms with E-state index in [4.69, 9.17) is 4.74 Å². The standard InChI is InChI=1S/C20H21F3N2O2/c1-13-3-4-14(2)16(11-13)19(26)24-17-12-15(20(21,22)23)5-6-18(17)25-7-9-27-10-8-25/h3-6,11-12H,7-10H2,1-2H3,(H,24,26). The third-order valence-electron chi connectivity index (χ3n) is 4.56. The summed E-state index contributed by atoms with van der Waals surface area (Å²) < 4.78 is 44.8. The van der Waals surface area contributed by atoms with Crippen LogP contribution in [0, 0.1) is 13.8 Å². The predicted octanol–water partition coefficient (Wildman–Crippen LogP) is 4.41. The molecule has 0 aromatic heterocycles. The Kier molecular flexibility index (Phi) is 5.41. The Morgan fingerprint density at radius 1 is 1.07 bits per heavy atom. The zero-order chi connectivity index (χ0) is 19.6. The first-order valence-corrected chi connectivity index (χ1v) is 8.68. The van der Waals surface area contributed by atoms with Gasteiger partial charge in [0, 0.05) is 18.7 Å². The van der Waals surface area contributed by atoms with Gasteiger partial charge in [-0.1, -0.05) is 17.7 Å². The molecule has 0 saturated carbocycles. The van der Waals surface area contributed by atoms with Crippen LogP contribution in [0.25, 0.3) is 0 Å². The van der Waals surface area contributed by atoms with Crippen LogP contribution in [-0.2, 0) is 10.9 Å². The number of amides is 1. The molecule has 1 heterocycles. The summed E-state index contributed by atoms with van der Waals surface area (Å²) in [6.07, 6.45) is -4.48. The molecule has 0 atom stereocenters. The van der Waals surface area contributed by atoms with E-state index in [2.05, 4.69) is 5.32 Å². The molecule has 1 fully saturated rings. The van der Waals surface area contributed by atoms with E-state index in [1.54, 1.807) is 13.0 Å². The summed E-state index contributed by atoms with van der Waals surface area (Å²) in [7, 11) is 0. The summed E-state index contributed by atoms with van der Waals surface area (Å²) in [6, 6.07) is 8.88. The summed E-state index contributed by atoms with van der Waals surface area (Å²) in [5.74, 6) is -0.426. The normalized spacial score (nSPS) is 14.9. The third-order valence-corrected chi connectivity index (χ3v) is 4.56. The fourth-order valence-electron chi connectivity index (χ4n) is 3.06. The number of nitrogens with zero attached hydrogens (tertiary/aromatic N) is 1. The number of aryl methyl sites for hydroxylation is 2. The van der Waals surface area contributed by atoms with Crippen LogP contribution in [0.15, 0.2) is 36.4 Å². The topological polar surface area (TPSA) is 41.6 Å². The maximum atomic E-state index is 13.2. The molecule has 0 aliphatic carbocycles. The smallest absolute Gasteiger partial charge is 0.378 e. The van der Waals surface area contributed by atoms with Crippen molar-refractivity contribution in [1.82, 2.24) is 0 Å². The van der Waals surface area contributed by atoms with Crippen LogP contribution >= 0.6 is 0 Å². The SMILES string of the molecule is Cc1ccc(C)c(C(=O)Nc2cc(C(F)(F)F)ccc2N2CCOCC2)c1. The Bertz CT molecular complexity index is 844. The van der Waals surface area contributed by atoms with Gasteiger partial charge >= 0.3 is 6.18 Å². The summed E-state index contributed by atoms with van der Waals surface area (Å²) in [5.41, 5.74) is 2.03. The first-order chi connectivity index (χ1) is 12.8. The highest BCUT2D eigenvalue weighted by Gasteiger charge is 2.32. The average Bonchev–Trinajstić information content (AvgIpc) is 2.63. The van der Waals surface area contributed by atoms with Crippen molar-refractivity contribution in [2.24, 2.45) is 0 Å². The number of benzene rings is 2. The first-order valence-electron chi connectivity index (χ1n) is 8.68.